The van der Waals surface area contributed by atoms with Crippen LogP contribution in [0.5, 0.6) is 0 Å². The fourth-order valence-corrected chi connectivity index (χ4v) is 3.37. The molecule has 0 aromatic carbocycles. The van der Waals surface area contributed by atoms with Gasteiger partial charge in [-0.15, -0.1) is 10.2 Å². The first-order chi connectivity index (χ1) is 12.6. The summed E-state index contributed by atoms with van der Waals surface area (Å²) in [6.45, 7) is 0.640. The van der Waals surface area contributed by atoms with E-state index in [1.807, 2.05) is 28.8 Å². The molecule has 0 radical (unpaired) electrons. The molecule has 4 rings (SSSR count). The summed E-state index contributed by atoms with van der Waals surface area (Å²) in [7, 11) is 1.60. The van der Waals surface area contributed by atoms with Gasteiger partial charge in [0.05, 0.1) is 18.8 Å². The van der Waals surface area contributed by atoms with E-state index in [-0.39, 0.29) is 30.2 Å². The topological polar surface area (TPSA) is 84.0 Å². The number of fused-ring (bicyclic) bond motifs is 1. The predicted molar refractivity (Wildman–Crippen MR) is 92.3 cm³/mol. The van der Waals surface area contributed by atoms with Crippen molar-refractivity contribution in [3.8, 4) is 0 Å². The van der Waals surface area contributed by atoms with E-state index in [1.54, 1.807) is 24.1 Å². The number of likely N-dealkylation sites (N-methyl/N-ethyl adjacent to an activating group) is 1. The molecule has 8 nitrogen and oxygen atoms in total. The van der Waals surface area contributed by atoms with Gasteiger partial charge in [-0.1, -0.05) is 6.07 Å². The van der Waals surface area contributed by atoms with E-state index in [1.165, 1.54) is 11.2 Å². The summed E-state index contributed by atoms with van der Waals surface area (Å²) in [6, 6.07) is 8.80. The van der Waals surface area contributed by atoms with Crippen molar-refractivity contribution in [2.24, 2.45) is 0 Å². The second-order valence-corrected chi connectivity index (χ2v) is 6.37. The smallest absolute Gasteiger partial charge is 0.289 e. The van der Waals surface area contributed by atoms with E-state index in [4.69, 9.17) is 4.42 Å². The standard InChI is InChI=1S/C18H19N5O3/c1-21(18(25)14-7-5-11-26-14)12-16(24)22-10-4-6-13(22)17-20-19-15-8-2-3-9-23(15)17/h2-3,5,7-9,11,13H,4,6,10,12H2,1H3. The van der Waals surface area contributed by atoms with Gasteiger partial charge in [0.1, 0.15) is 0 Å². The van der Waals surface area contributed by atoms with Crippen LogP contribution in [0.15, 0.2) is 47.2 Å². The first-order valence-corrected chi connectivity index (χ1v) is 8.53. The summed E-state index contributed by atoms with van der Waals surface area (Å²) in [5.41, 5.74) is 0.756. The number of hydrogen-bond acceptors (Lipinski definition) is 5. The molecule has 3 aromatic heterocycles. The Balaban J connectivity index is 1.51. The lowest BCUT2D eigenvalue weighted by Crippen LogP contribution is -2.41. The number of amides is 2. The third-order valence-electron chi connectivity index (χ3n) is 4.66. The minimum Gasteiger partial charge on any atom is -0.459 e. The maximum atomic E-state index is 12.8. The molecule has 1 atom stereocenters. The zero-order valence-corrected chi connectivity index (χ0v) is 14.4. The van der Waals surface area contributed by atoms with E-state index in [2.05, 4.69) is 10.2 Å². The van der Waals surface area contributed by atoms with Crippen molar-refractivity contribution in [2.45, 2.75) is 18.9 Å². The maximum absolute atomic E-state index is 12.8. The molecule has 26 heavy (non-hydrogen) atoms. The Morgan fingerprint density at radius 2 is 2.15 bits per heavy atom. The van der Waals surface area contributed by atoms with Crippen LogP contribution in [-0.2, 0) is 4.79 Å². The monoisotopic (exact) mass is 353 g/mol. The van der Waals surface area contributed by atoms with Gasteiger partial charge in [0.15, 0.2) is 17.2 Å². The second kappa shape index (κ2) is 6.62. The molecular weight excluding hydrogens is 334 g/mol. The van der Waals surface area contributed by atoms with Crippen molar-refractivity contribution in [1.29, 1.82) is 0 Å². The average Bonchev–Trinajstić information content (AvgIpc) is 3.39. The lowest BCUT2D eigenvalue weighted by atomic mass is 10.2. The molecule has 1 saturated heterocycles. The van der Waals surface area contributed by atoms with Gasteiger partial charge >= 0.3 is 0 Å². The van der Waals surface area contributed by atoms with Crippen LogP contribution in [-0.4, -0.2) is 56.3 Å². The molecule has 0 saturated carbocycles. The van der Waals surface area contributed by atoms with Crippen LogP contribution >= 0.6 is 0 Å². The number of likely N-dealkylation sites (tertiary alicyclic amines) is 1. The number of pyridine rings is 1. The number of hydrogen-bond donors (Lipinski definition) is 0. The number of aromatic nitrogens is 3. The molecule has 1 aliphatic rings. The van der Waals surface area contributed by atoms with Gasteiger partial charge < -0.3 is 14.2 Å². The molecule has 0 bridgehead atoms. The van der Waals surface area contributed by atoms with Crippen molar-refractivity contribution in [1.82, 2.24) is 24.4 Å². The summed E-state index contributed by atoms with van der Waals surface area (Å²) in [6.07, 6.45) is 5.07. The molecule has 1 unspecified atom stereocenters. The number of nitrogens with zero attached hydrogens (tertiary/aromatic N) is 5. The van der Waals surface area contributed by atoms with E-state index in [0.717, 1.165) is 24.3 Å². The lowest BCUT2D eigenvalue weighted by Gasteiger charge is -2.26. The van der Waals surface area contributed by atoms with Crippen LogP contribution in [0.1, 0.15) is 35.3 Å². The third kappa shape index (κ3) is 2.83. The Bertz CT molecular complexity index is 933. The van der Waals surface area contributed by atoms with Gasteiger partial charge in [0.2, 0.25) is 5.91 Å². The Kier molecular flexibility index (Phi) is 4.16. The SMILES string of the molecule is CN(CC(=O)N1CCCC1c1nnc2ccccn12)C(=O)c1ccco1. The van der Waals surface area contributed by atoms with Gasteiger partial charge in [-0.3, -0.25) is 14.0 Å². The Hall–Kier alpha value is -3.16. The highest BCUT2D eigenvalue weighted by Crippen LogP contribution is 2.31. The van der Waals surface area contributed by atoms with Crippen LogP contribution in [0.2, 0.25) is 0 Å². The van der Waals surface area contributed by atoms with E-state index >= 15 is 0 Å². The summed E-state index contributed by atoms with van der Waals surface area (Å²) in [5.74, 6) is 0.558. The molecule has 3 aromatic rings. The highest BCUT2D eigenvalue weighted by Gasteiger charge is 2.34. The van der Waals surface area contributed by atoms with Gasteiger partial charge in [-0.05, 0) is 37.1 Å². The van der Waals surface area contributed by atoms with Crippen LogP contribution in [0.25, 0.3) is 5.65 Å². The fourth-order valence-electron chi connectivity index (χ4n) is 3.37. The molecule has 134 valence electrons. The second-order valence-electron chi connectivity index (χ2n) is 6.37. The van der Waals surface area contributed by atoms with Crippen LogP contribution in [0.3, 0.4) is 0 Å². The van der Waals surface area contributed by atoms with E-state index in [9.17, 15) is 9.59 Å². The van der Waals surface area contributed by atoms with Gasteiger partial charge in [0.25, 0.3) is 5.91 Å². The van der Waals surface area contributed by atoms with Crippen molar-refractivity contribution in [3.63, 3.8) is 0 Å². The minimum absolute atomic E-state index is 0.00717. The van der Waals surface area contributed by atoms with Crippen LogP contribution < -0.4 is 0 Å². The number of carbonyl (C=O) groups is 2. The normalized spacial score (nSPS) is 17.0. The quantitative estimate of drug-likeness (QED) is 0.714. The van der Waals surface area contributed by atoms with Crippen molar-refractivity contribution in [2.75, 3.05) is 20.1 Å². The molecule has 1 aliphatic heterocycles. The van der Waals surface area contributed by atoms with Crippen LogP contribution in [0.4, 0.5) is 0 Å². The molecular formula is C18H19N5O3. The Labute approximate surface area is 150 Å². The highest BCUT2D eigenvalue weighted by atomic mass is 16.3. The summed E-state index contributed by atoms with van der Waals surface area (Å²) in [4.78, 5) is 28.3. The molecule has 0 aliphatic carbocycles. The fraction of sp³-hybridized carbons (Fsp3) is 0.333. The molecule has 4 heterocycles. The first-order valence-electron chi connectivity index (χ1n) is 8.53. The van der Waals surface area contributed by atoms with E-state index in [0.29, 0.717) is 6.54 Å². The largest absolute Gasteiger partial charge is 0.459 e. The Morgan fingerprint density at radius 1 is 1.27 bits per heavy atom. The summed E-state index contributed by atoms with van der Waals surface area (Å²) >= 11 is 0. The molecule has 8 heteroatoms. The van der Waals surface area contributed by atoms with Crippen molar-refractivity contribution in [3.05, 3.63) is 54.4 Å². The average molecular weight is 353 g/mol. The maximum Gasteiger partial charge on any atom is 0.289 e. The molecule has 0 spiro atoms. The molecule has 1 fully saturated rings. The Morgan fingerprint density at radius 3 is 2.96 bits per heavy atom. The summed E-state index contributed by atoms with van der Waals surface area (Å²) in [5, 5.41) is 8.47. The van der Waals surface area contributed by atoms with Crippen LogP contribution in [0, 0.1) is 0 Å². The van der Waals surface area contributed by atoms with Gasteiger partial charge in [-0.2, -0.15) is 0 Å². The zero-order valence-electron chi connectivity index (χ0n) is 14.4. The summed E-state index contributed by atoms with van der Waals surface area (Å²) < 4.78 is 7.02. The highest BCUT2D eigenvalue weighted by molar-refractivity contribution is 5.94. The van der Waals surface area contributed by atoms with E-state index < -0.39 is 0 Å². The third-order valence-corrected chi connectivity index (χ3v) is 4.66. The van der Waals surface area contributed by atoms with Crippen molar-refractivity contribution >= 4 is 17.5 Å². The van der Waals surface area contributed by atoms with Gasteiger partial charge in [0, 0.05) is 19.8 Å². The first kappa shape index (κ1) is 16.3. The molecule has 0 N–H and O–H groups in total. The number of carbonyl (C=O) groups excluding carboxylic acids is 2. The van der Waals surface area contributed by atoms with Gasteiger partial charge in [-0.25, -0.2) is 0 Å². The van der Waals surface area contributed by atoms with Crippen molar-refractivity contribution < 1.29 is 14.0 Å². The predicted octanol–water partition coefficient (Wildman–Crippen LogP) is 1.76. The number of furan rings is 1. The zero-order chi connectivity index (χ0) is 18.1. The lowest BCUT2D eigenvalue weighted by molar-refractivity contribution is -0.132. The minimum atomic E-state index is -0.313. The number of rotatable bonds is 4. The molecule has 2 amide bonds.